The predicted octanol–water partition coefficient (Wildman–Crippen LogP) is 3.04. The van der Waals surface area contributed by atoms with Crippen LogP contribution in [0.25, 0.3) is 0 Å². The Kier molecular flexibility index (Phi) is 5.93. The third kappa shape index (κ3) is 3.90. The van der Waals surface area contributed by atoms with Gasteiger partial charge in [-0.15, -0.1) is 0 Å². The van der Waals surface area contributed by atoms with Crippen molar-refractivity contribution in [3.8, 4) is 5.75 Å². The van der Waals surface area contributed by atoms with Crippen LogP contribution in [0.15, 0.2) is 36.5 Å². The highest BCUT2D eigenvalue weighted by molar-refractivity contribution is 5.92. The van der Waals surface area contributed by atoms with Gasteiger partial charge in [0.1, 0.15) is 11.4 Å². The van der Waals surface area contributed by atoms with Crippen molar-refractivity contribution in [3.63, 3.8) is 0 Å². The molecular weight excluding hydrogens is 328 g/mol. The Morgan fingerprint density at radius 1 is 1.46 bits per heavy atom. The summed E-state index contributed by atoms with van der Waals surface area (Å²) < 4.78 is 7.24. The monoisotopic (exact) mass is 356 g/mol. The van der Waals surface area contributed by atoms with Crippen molar-refractivity contribution in [1.82, 2.24) is 20.0 Å². The van der Waals surface area contributed by atoms with Crippen molar-refractivity contribution < 1.29 is 9.53 Å². The molecule has 6 heteroatoms. The Hall–Kier alpha value is -2.34. The Bertz CT molecular complexity index is 737. The molecule has 26 heavy (non-hydrogen) atoms. The van der Waals surface area contributed by atoms with Gasteiger partial charge in [-0.3, -0.25) is 9.48 Å². The first-order valence-corrected chi connectivity index (χ1v) is 9.34. The van der Waals surface area contributed by atoms with Crippen molar-refractivity contribution >= 4 is 5.91 Å². The second-order valence-electron chi connectivity index (χ2n) is 6.72. The van der Waals surface area contributed by atoms with Gasteiger partial charge in [0.2, 0.25) is 0 Å². The van der Waals surface area contributed by atoms with Crippen molar-refractivity contribution in [2.45, 2.75) is 38.8 Å². The molecule has 1 amide bonds. The molecule has 2 atom stereocenters. The molecule has 0 bridgehead atoms. The van der Waals surface area contributed by atoms with E-state index in [1.807, 2.05) is 60.0 Å². The molecule has 0 spiro atoms. The highest BCUT2D eigenvalue weighted by Gasteiger charge is 2.24. The number of aromatic nitrogens is 2. The maximum absolute atomic E-state index is 13.0. The lowest BCUT2D eigenvalue weighted by Crippen LogP contribution is -2.34. The highest BCUT2D eigenvalue weighted by Crippen LogP contribution is 2.25. The van der Waals surface area contributed by atoms with E-state index < -0.39 is 0 Å². The molecule has 2 heterocycles. The Morgan fingerprint density at radius 3 is 3.00 bits per heavy atom. The van der Waals surface area contributed by atoms with Gasteiger partial charge in [-0.05, 0) is 57.0 Å². The van der Waals surface area contributed by atoms with Crippen LogP contribution in [0, 0.1) is 0 Å². The number of carbonyl (C=O) groups excluding carboxylic acids is 1. The topological polar surface area (TPSA) is 59.4 Å². The third-order valence-corrected chi connectivity index (χ3v) is 5.12. The van der Waals surface area contributed by atoms with E-state index in [0.29, 0.717) is 18.3 Å². The Balaban J connectivity index is 1.76. The fraction of sp³-hybridized carbons (Fsp3) is 0.500. The van der Waals surface area contributed by atoms with Gasteiger partial charge in [-0.1, -0.05) is 12.1 Å². The molecule has 1 saturated heterocycles. The average Bonchev–Trinajstić information content (AvgIpc) is 3.19. The standard InChI is InChI=1S/C20H28N4O2/c1-4-23(15(2)16-7-5-9-18(13-16)26-3)20(25)19-10-12-24(22-19)17-8-6-11-21-14-17/h5,7,9-10,12-13,15,17,21H,4,6,8,11,14H2,1-3H3. The molecule has 2 aromatic rings. The number of benzene rings is 1. The zero-order valence-electron chi connectivity index (χ0n) is 15.8. The van der Waals surface area contributed by atoms with Gasteiger partial charge in [-0.25, -0.2) is 0 Å². The lowest BCUT2D eigenvalue weighted by atomic mass is 10.1. The zero-order valence-corrected chi connectivity index (χ0v) is 15.8. The maximum Gasteiger partial charge on any atom is 0.274 e. The van der Waals surface area contributed by atoms with E-state index in [1.54, 1.807) is 7.11 Å². The SMILES string of the molecule is CCN(C(=O)c1ccn(C2CCCNC2)n1)C(C)c1cccc(OC)c1. The zero-order chi connectivity index (χ0) is 18.5. The van der Waals surface area contributed by atoms with Crippen LogP contribution in [0.4, 0.5) is 0 Å². The van der Waals surface area contributed by atoms with Crippen LogP contribution in [0.2, 0.25) is 0 Å². The summed E-state index contributed by atoms with van der Waals surface area (Å²) >= 11 is 0. The third-order valence-electron chi connectivity index (χ3n) is 5.12. The van der Waals surface area contributed by atoms with E-state index in [1.165, 1.54) is 0 Å². The van der Waals surface area contributed by atoms with Gasteiger partial charge >= 0.3 is 0 Å². The summed E-state index contributed by atoms with van der Waals surface area (Å²) in [6.07, 6.45) is 4.16. The van der Waals surface area contributed by atoms with E-state index in [-0.39, 0.29) is 11.9 Å². The summed E-state index contributed by atoms with van der Waals surface area (Å²) in [5, 5.41) is 7.96. The number of hydrogen-bond acceptors (Lipinski definition) is 4. The van der Waals surface area contributed by atoms with Gasteiger partial charge in [-0.2, -0.15) is 5.10 Å². The molecule has 1 aliphatic rings. The number of rotatable bonds is 6. The van der Waals surface area contributed by atoms with Gasteiger partial charge < -0.3 is 15.0 Å². The van der Waals surface area contributed by atoms with Gasteiger partial charge in [0.05, 0.1) is 19.2 Å². The summed E-state index contributed by atoms with van der Waals surface area (Å²) in [7, 11) is 1.65. The van der Waals surface area contributed by atoms with E-state index >= 15 is 0 Å². The first kappa shape index (κ1) is 18.5. The summed E-state index contributed by atoms with van der Waals surface area (Å²) in [5.41, 5.74) is 1.56. The van der Waals surface area contributed by atoms with Gasteiger partial charge in [0.15, 0.2) is 0 Å². The largest absolute Gasteiger partial charge is 0.497 e. The van der Waals surface area contributed by atoms with Crippen molar-refractivity contribution in [2.75, 3.05) is 26.7 Å². The molecule has 3 rings (SSSR count). The van der Waals surface area contributed by atoms with Crippen LogP contribution in [-0.2, 0) is 0 Å². The second-order valence-corrected chi connectivity index (χ2v) is 6.72. The molecule has 1 N–H and O–H groups in total. The van der Waals surface area contributed by atoms with E-state index in [2.05, 4.69) is 10.4 Å². The molecule has 0 aliphatic carbocycles. The number of nitrogens with one attached hydrogen (secondary N) is 1. The van der Waals surface area contributed by atoms with Gasteiger partial charge in [0.25, 0.3) is 5.91 Å². The minimum absolute atomic E-state index is 0.0367. The smallest absolute Gasteiger partial charge is 0.274 e. The van der Waals surface area contributed by atoms with Crippen LogP contribution in [-0.4, -0.2) is 47.3 Å². The average molecular weight is 356 g/mol. The fourth-order valence-corrected chi connectivity index (χ4v) is 3.54. The fourth-order valence-electron chi connectivity index (χ4n) is 3.54. The number of methoxy groups -OCH3 is 1. The molecule has 140 valence electrons. The molecule has 2 unspecified atom stereocenters. The molecular formula is C20H28N4O2. The van der Waals surface area contributed by atoms with Crippen LogP contribution in [0.5, 0.6) is 5.75 Å². The minimum atomic E-state index is -0.0518. The molecule has 1 aromatic heterocycles. The van der Waals surface area contributed by atoms with Crippen LogP contribution < -0.4 is 10.1 Å². The summed E-state index contributed by atoms with van der Waals surface area (Å²) in [6.45, 7) is 6.63. The quantitative estimate of drug-likeness (QED) is 0.864. The summed E-state index contributed by atoms with van der Waals surface area (Å²) in [6, 6.07) is 9.97. The van der Waals surface area contributed by atoms with Crippen molar-refractivity contribution in [1.29, 1.82) is 0 Å². The van der Waals surface area contributed by atoms with Crippen LogP contribution in [0.1, 0.15) is 54.8 Å². The molecule has 1 aromatic carbocycles. The molecule has 0 radical (unpaired) electrons. The number of ether oxygens (including phenoxy) is 1. The van der Waals surface area contributed by atoms with Crippen LogP contribution >= 0.6 is 0 Å². The molecule has 1 aliphatic heterocycles. The number of carbonyl (C=O) groups is 1. The number of piperidine rings is 1. The van der Waals surface area contributed by atoms with E-state index in [9.17, 15) is 4.79 Å². The number of nitrogens with zero attached hydrogens (tertiary/aromatic N) is 3. The molecule has 1 fully saturated rings. The first-order chi connectivity index (χ1) is 12.6. The normalized spacial score (nSPS) is 18.3. The predicted molar refractivity (Wildman–Crippen MR) is 101 cm³/mol. The molecule has 6 nitrogen and oxygen atoms in total. The van der Waals surface area contributed by atoms with E-state index in [0.717, 1.165) is 37.2 Å². The lowest BCUT2D eigenvalue weighted by molar-refractivity contribution is 0.0694. The highest BCUT2D eigenvalue weighted by atomic mass is 16.5. The molecule has 0 saturated carbocycles. The summed E-state index contributed by atoms with van der Waals surface area (Å²) in [5.74, 6) is 0.761. The number of hydrogen-bond donors (Lipinski definition) is 1. The summed E-state index contributed by atoms with van der Waals surface area (Å²) in [4.78, 5) is 14.9. The van der Waals surface area contributed by atoms with Crippen molar-refractivity contribution in [3.05, 3.63) is 47.8 Å². The minimum Gasteiger partial charge on any atom is -0.497 e. The van der Waals surface area contributed by atoms with E-state index in [4.69, 9.17) is 4.74 Å². The Morgan fingerprint density at radius 2 is 2.31 bits per heavy atom. The van der Waals surface area contributed by atoms with Gasteiger partial charge in [0, 0.05) is 19.3 Å². The number of amides is 1. The Labute approximate surface area is 155 Å². The van der Waals surface area contributed by atoms with Crippen molar-refractivity contribution in [2.24, 2.45) is 0 Å². The maximum atomic E-state index is 13.0. The second kappa shape index (κ2) is 8.36. The lowest BCUT2D eigenvalue weighted by Gasteiger charge is -2.28. The first-order valence-electron chi connectivity index (χ1n) is 9.34. The van der Waals surface area contributed by atoms with Crippen LogP contribution in [0.3, 0.4) is 0 Å².